The van der Waals surface area contributed by atoms with Gasteiger partial charge in [-0.05, 0) is 47.9 Å². The van der Waals surface area contributed by atoms with Gasteiger partial charge in [-0.15, -0.1) is 0 Å². The zero-order valence-electron chi connectivity index (χ0n) is 24.0. The molecule has 0 saturated carbocycles. The molecule has 5 aromatic carbocycles. The fraction of sp³-hybridized carbons (Fsp3) is 0.0500. The number of aromatic nitrogens is 3. The van der Waals surface area contributed by atoms with E-state index >= 15 is 0 Å². The molecule has 0 N–H and O–H groups in total. The van der Waals surface area contributed by atoms with Gasteiger partial charge in [0.25, 0.3) is 0 Å². The molecule has 2 aromatic heterocycles. The van der Waals surface area contributed by atoms with Crippen LogP contribution in [0.25, 0.3) is 45.4 Å². The van der Waals surface area contributed by atoms with E-state index in [0.717, 1.165) is 34.6 Å². The van der Waals surface area contributed by atoms with Crippen molar-refractivity contribution < 1.29 is 0 Å². The number of nitrogens with zero attached hydrogens (tertiary/aromatic N) is 4. The maximum Gasteiger partial charge on any atom is 0.162 e. The molecule has 0 fully saturated rings. The van der Waals surface area contributed by atoms with Crippen LogP contribution >= 0.6 is 0 Å². The molecular weight excluding hydrogens is 536 g/mol. The van der Waals surface area contributed by atoms with Gasteiger partial charge in [0.1, 0.15) is 5.82 Å². The van der Waals surface area contributed by atoms with Crippen LogP contribution in [0.5, 0.6) is 0 Å². The van der Waals surface area contributed by atoms with Crippen LogP contribution in [-0.4, -0.2) is 14.5 Å². The van der Waals surface area contributed by atoms with E-state index in [2.05, 4.69) is 137 Å². The monoisotopic (exact) mass is 564 g/mol. The van der Waals surface area contributed by atoms with Crippen molar-refractivity contribution >= 4 is 28.4 Å². The van der Waals surface area contributed by atoms with Crippen molar-refractivity contribution in [3.8, 4) is 28.5 Å². The van der Waals surface area contributed by atoms with Crippen molar-refractivity contribution in [2.24, 2.45) is 0 Å². The standard InChI is InChI=1S/C40H28N4/c1-4-14-27(15-5-1)34-25-39(42-40(41-34)28-16-6-2-7-17-28)44-36-23-13-11-21-31(36)33-24-32-30-20-10-12-22-35(30)43(37(32)26-38(33)44)29-18-8-3-9-19-29/h1-23,25-26,32H,24H2. The topological polar surface area (TPSA) is 34.0 Å². The van der Waals surface area contributed by atoms with Gasteiger partial charge >= 0.3 is 0 Å². The van der Waals surface area contributed by atoms with Gasteiger partial charge in [0.05, 0.1) is 16.9 Å². The molecule has 0 radical (unpaired) electrons. The Morgan fingerprint density at radius 1 is 0.614 bits per heavy atom. The van der Waals surface area contributed by atoms with E-state index in [9.17, 15) is 0 Å². The Kier molecular flexibility index (Phi) is 5.60. The molecule has 0 bridgehead atoms. The van der Waals surface area contributed by atoms with Gasteiger partial charge in [0.2, 0.25) is 0 Å². The third kappa shape index (κ3) is 3.85. The summed E-state index contributed by atoms with van der Waals surface area (Å²) >= 11 is 0. The van der Waals surface area contributed by atoms with Crippen molar-refractivity contribution in [3.63, 3.8) is 0 Å². The lowest BCUT2D eigenvalue weighted by molar-refractivity contribution is 0.795. The number of allylic oxidation sites excluding steroid dienone is 1. The molecule has 44 heavy (non-hydrogen) atoms. The summed E-state index contributed by atoms with van der Waals surface area (Å²) in [7, 11) is 0. The van der Waals surface area contributed by atoms with Gasteiger partial charge in [-0.3, -0.25) is 4.57 Å². The number of hydrogen-bond acceptors (Lipinski definition) is 3. The molecule has 1 aliphatic heterocycles. The quantitative estimate of drug-likeness (QED) is 0.213. The molecule has 0 spiro atoms. The largest absolute Gasteiger partial charge is 0.313 e. The summed E-state index contributed by atoms with van der Waals surface area (Å²) in [5, 5.41) is 1.27. The highest BCUT2D eigenvalue weighted by atomic mass is 15.2. The zero-order chi connectivity index (χ0) is 29.0. The average Bonchev–Trinajstić information content (AvgIpc) is 3.60. The van der Waals surface area contributed by atoms with Gasteiger partial charge in [-0.2, -0.15) is 0 Å². The van der Waals surface area contributed by atoms with Crippen LogP contribution in [0.15, 0.2) is 151 Å². The minimum atomic E-state index is 0.281. The van der Waals surface area contributed by atoms with Gasteiger partial charge in [0, 0.05) is 45.6 Å². The number of fused-ring (bicyclic) bond motifs is 6. The second kappa shape index (κ2) is 9.92. The van der Waals surface area contributed by atoms with Gasteiger partial charge < -0.3 is 4.90 Å². The summed E-state index contributed by atoms with van der Waals surface area (Å²) in [5.74, 6) is 1.87. The predicted octanol–water partition coefficient (Wildman–Crippen LogP) is 9.59. The SMILES string of the molecule is C1=C2C(Cc3c1n(-c1cc(-c4ccccc4)nc(-c4ccccc4)n1)c1ccccc31)c1ccccc1N2c1ccccc1. The van der Waals surface area contributed by atoms with E-state index in [0.29, 0.717) is 5.82 Å². The number of benzene rings is 5. The Hall–Kier alpha value is -5.74. The zero-order valence-corrected chi connectivity index (χ0v) is 24.0. The van der Waals surface area contributed by atoms with E-state index in [4.69, 9.17) is 9.97 Å². The fourth-order valence-corrected chi connectivity index (χ4v) is 6.99. The number of rotatable bonds is 4. The fourth-order valence-electron chi connectivity index (χ4n) is 6.99. The molecule has 1 unspecified atom stereocenters. The molecule has 3 heterocycles. The Balaban J connectivity index is 1.31. The molecule has 7 aromatic rings. The maximum atomic E-state index is 5.24. The Morgan fingerprint density at radius 2 is 1.27 bits per heavy atom. The van der Waals surface area contributed by atoms with E-state index < -0.39 is 0 Å². The highest BCUT2D eigenvalue weighted by molar-refractivity contribution is 5.94. The Labute approximate surface area is 256 Å². The normalized spacial score (nSPS) is 15.0. The van der Waals surface area contributed by atoms with Crippen LogP contribution in [0, 0.1) is 0 Å². The van der Waals surface area contributed by atoms with Crippen LogP contribution in [0.2, 0.25) is 0 Å². The summed E-state index contributed by atoms with van der Waals surface area (Å²) < 4.78 is 2.35. The number of anilines is 2. The first-order valence-corrected chi connectivity index (χ1v) is 15.1. The molecule has 208 valence electrons. The second-order valence-electron chi connectivity index (χ2n) is 11.4. The number of hydrogen-bond donors (Lipinski definition) is 0. The third-order valence-corrected chi connectivity index (χ3v) is 8.94. The van der Waals surface area contributed by atoms with Crippen LogP contribution in [-0.2, 0) is 6.42 Å². The first-order valence-electron chi connectivity index (χ1n) is 15.1. The smallest absolute Gasteiger partial charge is 0.162 e. The van der Waals surface area contributed by atoms with Crippen LogP contribution in [0.3, 0.4) is 0 Å². The molecule has 9 rings (SSSR count). The Morgan fingerprint density at radius 3 is 2.07 bits per heavy atom. The van der Waals surface area contributed by atoms with Crippen molar-refractivity contribution in [2.75, 3.05) is 4.90 Å². The minimum Gasteiger partial charge on any atom is -0.313 e. The van der Waals surface area contributed by atoms with Crippen molar-refractivity contribution in [1.82, 2.24) is 14.5 Å². The molecule has 4 nitrogen and oxygen atoms in total. The van der Waals surface area contributed by atoms with Gasteiger partial charge in [-0.25, -0.2) is 9.97 Å². The van der Waals surface area contributed by atoms with Crippen molar-refractivity contribution in [1.29, 1.82) is 0 Å². The second-order valence-corrected chi connectivity index (χ2v) is 11.4. The lowest BCUT2D eigenvalue weighted by atomic mass is 9.86. The molecule has 1 aliphatic carbocycles. The highest BCUT2D eigenvalue weighted by Gasteiger charge is 2.39. The van der Waals surface area contributed by atoms with E-state index in [1.165, 1.54) is 39.3 Å². The minimum absolute atomic E-state index is 0.281. The first kappa shape index (κ1) is 24.8. The Bertz CT molecular complexity index is 2140. The molecule has 2 aliphatic rings. The van der Waals surface area contributed by atoms with Crippen LogP contribution in [0.4, 0.5) is 11.4 Å². The maximum absolute atomic E-state index is 5.24. The molecule has 4 heteroatoms. The van der Waals surface area contributed by atoms with E-state index in [-0.39, 0.29) is 5.92 Å². The molecular formula is C40H28N4. The first-order chi connectivity index (χ1) is 21.8. The highest BCUT2D eigenvalue weighted by Crippen LogP contribution is 2.53. The predicted molar refractivity (Wildman–Crippen MR) is 179 cm³/mol. The summed E-state index contributed by atoms with van der Waals surface area (Å²) in [6.07, 6.45) is 3.33. The summed E-state index contributed by atoms with van der Waals surface area (Å²) in [6, 6.07) is 51.1. The summed E-state index contributed by atoms with van der Waals surface area (Å²) in [4.78, 5) is 12.7. The lowest BCUT2D eigenvalue weighted by Gasteiger charge is -2.27. The molecule has 1 atom stereocenters. The van der Waals surface area contributed by atoms with Crippen molar-refractivity contribution in [2.45, 2.75) is 12.3 Å². The third-order valence-electron chi connectivity index (χ3n) is 8.94. The van der Waals surface area contributed by atoms with Gasteiger partial charge in [0.15, 0.2) is 5.82 Å². The number of para-hydroxylation sites is 3. The van der Waals surface area contributed by atoms with E-state index in [1.54, 1.807) is 0 Å². The molecule has 0 saturated heterocycles. The lowest BCUT2D eigenvalue weighted by Crippen LogP contribution is -2.18. The average molecular weight is 565 g/mol. The van der Waals surface area contributed by atoms with Crippen LogP contribution < -0.4 is 4.90 Å². The summed E-state index contributed by atoms with van der Waals surface area (Å²) in [6.45, 7) is 0. The summed E-state index contributed by atoms with van der Waals surface area (Å²) in [5.41, 5.74) is 11.8. The molecule has 0 amide bonds. The van der Waals surface area contributed by atoms with E-state index in [1.807, 2.05) is 24.3 Å². The van der Waals surface area contributed by atoms with Crippen LogP contribution in [0.1, 0.15) is 22.7 Å². The van der Waals surface area contributed by atoms with Gasteiger partial charge in [-0.1, -0.05) is 115 Å². The van der Waals surface area contributed by atoms with Crippen molar-refractivity contribution in [3.05, 3.63) is 168 Å².